The quantitative estimate of drug-likeness (QED) is 0.114. The van der Waals surface area contributed by atoms with Gasteiger partial charge in [-0.25, -0.2) is 4.98 Å². The normalized spacial score (nSPS) is 11.4. The van der Waals surface area contributed by atoms with Crippen molar-refractivity contribution in [3.05, 3.63) is 95.5 Å². The third-order valence-corrected chi connectivity index (χ3v) is 6.24. The van der Waals surface area contributed by atoms with Gasteiger partial charge in [-0.05, 0) is 75.7 Å². The molecule has 2 aromatic carbocycles. The van der Waals surface area contributed by atoms with Crippen LogP contribution in [0, 0.1) is 26.8 Å². The Labute approximate surface area is 239 Å². The number of rotatable bonds is 3. The van der Waals surface area contributed by atoms with Crippen LogP contribution in [0.1, 0.15) is 30.7 Å². The second-order valence-corrected chi connectivity index (χ2v) is 9.38. The number of hydrogen-bond donors (Lipinski definition) is 1. The van der Waals surface area contributed by atoms with Crippen LogP contribution in [0.2, 0.25) is 0 Å². The average molecular weight is 696 g/mol. The molecule has 0 spiro atoms. The molecule has 1 N–H and O–H groups in total. The zero-order valence-corrected chi connectivity index (χ0v) is 24.6. The largest absolute Gasteiger partial charge is 0.512 e. The van der Waals surface area contributed by atoms with Gasteiger partial charge in [-0.2, -0.15) is 0 Å². The topological polar surface area (TPSA) is 89.4 Å². The van der Waals surface area contributed by atoms with Crippen molar-refractivity contribution in [1.82, 2.24) is 9.97 Å². The minimum absolute atomic E-state index is 0. The van der Waals surface area contributed by atoms with Gasteiger partial charge < -0.3 is 18.9 Å². The van der Waals surface area contributed by atoms with E-state index in [4.69, 9.17) is 18.9 Å². The molecule has 0 aliphatic heterocycles. The van der Waals surface area contributed by atoms with Crippen LogP contribution in [0.5, 0.6) is 0 Å². The Morgan fingerprint density at radius 3 is 2.38 bits per heavy atom. The van der Waals surface area contributed by atoms with Crippen LogP contribution in [0.25, 0.3) is 55.6 Å². The van der Waals surface area contributed by atoms with E-state index >= 15 is 0 Å². The third kappa shape index (κ3) is 5.70. The smallest absolute Gasteiger partial charge is 0.216 e. The van der Waals surface area contributed by atoms with Crippen LogP contribution >= 0.6 is 0 Å². The number of fused-ring (bicyclic) bond motifs is 4. The van der Waals surface area contributed by atoms with E-state index in [-0.39, 0.29) is 31.6 Å². The summed E-state index contributed by atoms with van der Waals surface area (Å²) in [4.78, 5) is 19.2. The Balaban J connectivity index is 0.000000394. The number of furan rings is 2. The monoisotopic (exact) mass is 696 g/mol. The fourth-order valence-electron chi connectivity index (χ4n) is 4.60. The number of ketones is 1. The van der Waals surface area contributed by atoms with Crippen molar-refractivity contribution >= 4 is 38.8 Å². The van der Waals surface area contributed by atoms with Crippen LogP contribution in [0.3, 0.4) is 0 Å². The Morgan fingerprint density at radius 2 is 1.72 bits per heavy atom. The number of pyridine rings is 2. The van der Waals surface area contributed by atoms with Gasteiger partial charge in [-0.1, -0.05) is 29.1 Å². The first-order valence-electron chi connectivity index (χ1n) is 12.3. The number of aryl methyl sites for hydroxylation is 3. The van der Waals surface area contributed by atoms with Crippen molar-refractivity contribution in [1.29, 1.82) is 0 Å². The number of aromatic nitrogens is 2. The first-order valence-corrected chi connectivity index (χ1v) is 12.3. The number of hydrogen-bond acceptors (Lipinski definition) is 6. The molecule has 0 atom stereocenters. The molecule has 6 nitrogen and oxygen atoms in total. The van der Waals surface area contributed by atoms with Crippen LogP contribution in [0.4, 0.5) is 0 Å². The first-order chi connectivity index (χ1) is 18.2. The summed E-state index contributed by atoms with van der Waals surface area (Å²) >= 11 is 0. The van der Waals surface area contributed by atoms with Gasteiger partial charge in [0, 0.05) is 54.4 Å². The molecule has 4 aromatic heterocycles. The van der Waals surface area contributed by atoms with Crippen LogP contribution in [-0.2, 0) is 24.9 Å². The maximum atomic E-state index is 10.0. The SMILES string of the molecule is CC(=O)/C=C(/C)O.Cc1ccc2c(n1)oc1c(-c3cc4oc(-c5c(C)cccc5C)cc4cn3)[c-]ccc12.[Ir]. The van der Waals surface area contributed by atoms with Crippen molar-refractivity contribution in [3.8, 4) is 22.6 Å². The molecule has 1 radical (unpaired) electrons. The second kappa shape index (κ2) is 11.4. The fraction of sp³-hybridized carbons (Fsp3) is 0.156. The molecule has 0 aliphatic rings. The van der Waals surface area contributed by atoms with Crippen molar-refractivity contribution in [3.63, 3.8) is 0 Å². The molecule has 0 saturated carbocycles. The molecule has 199 valence electrons. The number of aliphatic hydroxyl groups excluding tert-OH is 1. The molecule has 4 heterocycles. The summed E-state index contributed by atoms with van der Waals surface area (Å²) in [5, 5.41) is 11.3. The maximum Gasteiger partial charge on any atom is 0.216 e. The summed E-state index contributed by atoms with van der Waals surface area (Å²) in [5.41, 5.74) is 8.16. The number of allylic oxidation sites excluding steroid dienone is 2. The summed E-state index contributed by atoms with van der Waals surface area (Å²) in [5.74, 6) is 0.794. The molecule has 0 aliphatic carbocycles. The predicted molar refractivity (Wildman–Crippen MR) is 150 cm³/mol. The molecule has 0 fully saturated rings. The summed E-state index contributed by atoms with van der Waals surface area (Å²) < 4.78 is 12.4. The van der Waals surface area contributed by atoms with E-state index < -0.39 is 0 Å². The second-order valence-electron chi connectivity index (χ2n) is 9.38. The molecule has 0 saturated heterocycles. The van der Waals surface area contributed by atoms with Crippen molar-refractivity contribution < 1.29 is 38.8 Å². The molecular weight excluding hydrogens is 669 g/mol. The van der Waals surface area contributed by atoms with Crippen molar-refractivity contribution in [2.75, 3.05) is 0 Å². The minimum atomic E-state index is -0.125. The van der Waals surface area contributed by atoms with Crippen LogP contribution < -0.4 is 0 Å². The summed E-state index contributed by atoms with van der Waals surface area (Å²) in [6, 6.07) is 21.5. The Morgan fingerprint density at radius 1 is 0.974 bits per heavy atom. The maximum absolute atomic E-state index is 10.0. The van der Waals surface area contributed by atoms with E-state index in [1.165, 1.54) is 31.1 Å². The zero-order chi connectivity index (χ0) is 27.0. The van der Waals surface area contributed by atoms with Crippen LogP contribution in [-0.4, -0.2) is 20.9 Å². The molecule has 0 unspecified atom stereocenters. The van der Waals surface area contributed by atoms with Gasteiger partial charge in [0.05, 0.1) is 11.3 Å². The molecule has 6 rings (SSSR count). The van der Waals surface area contributed by atoms with E-state index in [0.717, 1.165) is 55.6 Å². The number of aliphatic hydroxyl groups is 1. The van der Waals surface area contributed by atoms with Gasteiger partial charge >= 0.3 is 0 Å². The standard InChI is InChI=1S/C27H19N2O2.C5H8O2.Ir/c1-15-6-4-7-16(2)25(15)24-12-18-14-28-22(13-23(18)30-24)21-9-5-8-19-20-11-10-17(3)29-27(20)31-26(19)21;1-4(6)3-5(2)7;/h4-8,10-14H,1-3H3;3,6H,1-2H3;/q-1;;/b;4-3-;. The molecule has 0 amide bonds. The Bertz CT molecular complexity index is 1840. The van der Waals surface area contributed by atoms with E-state index in [2.05, 4.69) is 49.2 Å². The molecule has 39 heavy (non-hydrogen) atoms. The minimum Gasteiger partial charge on any atom is -0.512 e. The summed E-state index contributed by atoms with van der Waals surface area (Å²) in [7, 11) is 0. The van der Waals surface area contributed by atoms with Crippen LogP contribution in [0.15, 0.2) is 81.5 Å². The molecule has 0 bridgehead atoms. The first kappa shape index (κ1) is 28.0. The van der Waals surface area contributed by atoms with Gasteiger partial charge in [-0.3, -0.25) is 4.79 Å². The fourth-order valence-corrected chi connectivity index (χ4v) is 4.60. The molecular formula is C32H27IrN2O4-. The van der Waals surface area contributed by atoms with Gasteiger partial charge in [-0.15, -0.1) is 18.2 Å². The van der Waals surface area contributed by atoms with E-state index in [1.807, 2.05) is 43.5 Å². The van der Waals surface area contributed by atoms with E-state index in [9.17, 15) is 4.79 Å². The van der Waals surface area contributed by atoms with Gasteiger partial charge in [0.25, 0.3) is 0 Å². The zero-order valence-electron chi connectivity index (χ0n) is 22.3. The molecule has 7 heteroatoms. The predicted octanol–water partition coefficient (Wildman–Crippen LogP) is 8.22. The summed E-state index contributed by atoms with van der Waals surface area (Å²) in [6.07, 6.45) is 3.02. The number of benzene rings is 2. The van der Waals surface area contributed by atoms with Gasteiger partial charge in [0.1, 0.15) is 11.3 Å². The number of nitrogens with zero attached hydrogens (tertiary/aromatic N) is 2. The van der Waals surface area contributed by atoms with Gasteiger partial charge in [0.2, 0.25) is 5.71 Å². The van der Waals surface area contributed by atoms with E-state index in [1.54, 1.807) is 0 Å². The Kier molecular flexibility index (Phi) is 8.14. The van der Waals surface area contributed by atoms with E-state index in [0.29, 0.717) is 5.71 Å². The number of carbonyl (C=O) groups is 1. The van der Waals surface area contributed by atoms with Crippen molar-refractivity contribution in [2.45, 2.75) is 34.6 Å². The third-order valence-electron chi connectivity index (χ3n) is 6.24. The summed E-state index contributed by atoms with van der Waals surface area (Å²) in [6.45, 7) is 9.01. The molecule has 6 aromatic rings. The number of carbonyl (C=O) groups excluding carboxylic acids is 1. The van der Waals surface area contributed by atoms with Crippen molar-refractivity contribution in [2.24, 2.45) is 0 Å². The Hall–Kier alpha value is -4.06. The van der Waals surface area contributed by atoms with Gasteiger partial charge in [0.15, 0.2) is 5.78 Å². The average Bonchev–Trinajstić information content (AvgIpc) is 3.43.